The zero-order valence-corrected chi connectivity index (χ0v) is 20.0. The van der Waals surface area contributed by atoms with E-state index in [1.807, 2.05) is 0 Å². The minimum atomic E-state index is -0.455. The van der Waals surface area contributed by atoms with Gasteiger partial charge in [-0.25, -0.2) is 9.59 Å². The molecule has 0 aliphatic rings. The monoisotopic (exact) mass is 418 g/mol. The molecule has 0 fully saturated rings. The third-order valence-corrected chi connectivity index (χ3v) is 4.98. The Kier molecular flexibility index (Phi) is 11.1. The van der Waals surface area contributed by atoms with Gasteiger partial charge in [0.15, 0.2) is 0 Å². The fourth-order valence-corrected chi connectivity index (χ4v) is 3.19. The standard InChI is InChI=1S/C26H42O4/c1-25(2,3)17-11-7-13-19-29-23(27)21-15-9-10-16-22(21)24(28)30-20-14-8-12-18-26(4,5)6/h9-10,15-16H,7-8,11-14,17-20H2,1-6H3. The van der Waals surface area contributed by atoms with Crippen LogP contribution in [-0.4, -0.2) is 25.2 Å². The van der Waals surface area contributed by atoms with Crippen molar-refractivity contribution in [2.75, 3.05) is 13.2 Å². The lowest BCUT2D eigenvalue weighted by Gasteiger charge is -2.17. The van der Waals surface area contributed by atoms with Gasteiger partial charge in [-0.3, -0.25) is 0 Å². The van der Waals surface area contributed by atoms with E-state index in [2.05, 4.69) is 41.5 Å². The summed E-state index contributed by atoms with van der Waals surface area (Å²) in [6.07, 6.45) is 8.30. The van der Waals surface area contributed by atoms with Gasteiger partial charge in [0.05, 0.1) is 24.3 Å². The first-order valence-electron chi connectivity index (χ1n) is 11.4. The second kappa shape index (κ2) is 12.8. The molecule has 0 aliphatic carbocycles. The van der Waals surface area contributed by atoms with Crippen LogP contribution in [0.4, 0.5) is 0 Å². The zero-order valence-electron chi connectivity index (χ0n) is 20.0. The number of unbranched alkanes of at least 4 members (excludes halogenated alkanes) is 4. The second-order valence-electron chi connectivity index (χ2n) is 10.6. The van der Waals surface area contributed by atoms with Crippen molar-refractivity contribution in [1.29, 1.82) is 0 Å². The summed E-state index contributed by atoms with van der Waals surface area (Å²) in [5.41, 5.74) is 1.24. The fourth-order valence-electron chi connectivity index (χ4n) is 3.19. The molecule has 1 aromatic rings. The Morgan fingerprint density at radius 2 is 1.00 bits per heavy atom. The maximum Gasteiger partial charge on any atom is 0.339 e. The van der Waals surface area contributed by atoms with E-state index in [1.54, 1.807) is 24.3 Å². The second-order valence-corrected chi connectivity index (χ2v) is 10.6. The summed E-state index contributed by atoms with van der Waals surface area (Å²) < 4.78 is 10.8. The van der Waals surface area contributed by atoms with Gasteiger partial charge in [0.25, 0.3) is 0 Å². The topological polar surface area (TPSA) is 52.6 Å². The van der Waals surface area contributed by atoms with E-state index in [0.717, 1.165) is 51.4 Å². The van der Waals surface area contributed by atoms with Crippen molar-refractivity contribution in [2.24, 2.45) is 10.8 Å². The third kappa shape index (κ3) is 12.0. The molecule has 0 amide bonds. The van der Waals surface area contributed by atoms with Crippen LogP contribution in [0.1, 0.15) is 114 Å². The number of benzene rings is 1. The lowest BCUT2D eigenvalue weighted by atomic mass is 9.89. The van der Waals surface area contributed by atoms with E-state index in [1.165, 1.54) is 0 Å². The molecule has 1 aromatic carbocycles. The lowest BCUT2D eigenvalue weighted by Crippen LogP contribution is -2.15. The van der Waals surface area contributed by atoms with Gasteiger partial charge in [-0.1, -0.05) is 79.4 Å². The summed E-state index contributed by atoms with van der Waals surface area (Å²) in [4.78, 5) is 24.9. The Hall–Kier alpha value is -1.84. The van der Waals surface area contributed by atoms with Gasteiger partial charge in [0, 0.05) is 0 Å². The van der Waals surface area contributed by atoms with Crippen molar-refractivity contribution < 1.29 is 19.1 Å². The summed E-state index contributed by atoms with van der Waals surface area (Å²) >= 11 is 0. The first-order chi connectivity index (χ1) is 14.0. The van der Waals surface area contributed by atoms with Crippen LogP contribution in [0, 0.1) is 10.8 Å². The molecule has 0 atom stereocenters. The molecule has 4 heteroatoms. The first-order valence-corrected chi connectivity index (χ1v) is 11.4. The number of hydrogen-bond donors (Lipinski definition) is 0. The minimum absolute atomic E-state index is 0.282. The Morgan fingerprint density at radius 3 is 1.33 bits per heavy atom. The summed E-state index contributed by atoms with van der Waals surface area (Å²) in [6, 6.07) is 6.73. The van der Waals surface area contributed by atoms with E-state index in [-0.39, 0.29) is 11.1 Å². The van der Waals surface area contributed by atoms with Gasteiger partial charge in [-0.15, -0.1) is 0 Å². The fraction of sp³-hybridized carbons (Fsp3) is 0.692. The molecule has 0 unspecified atom stereocenters. The molecular weight excluding hydrogens is 376 g/mol. The zero-order chi connectivity index (χ0) is 22.6. The lowest BCUT2D eigenvalue weighted by molar-refractivity contribution is 0.0449. The van der Waals surface area contributed by atoms with Crippen molar-refractivity contribution in [1.82, 2.24) is 0 Å². The molecule has 0 saturated heterocycles. The highest BCUT2D eigenvalue weighted by atomic mass is 16.5. The molecule has 0 saturated carbocycles. The highest BCUT2D eigenvalue weighted by Crippen LogP contribution is 2.23. The summed E-state index contributed by atoms with van der Waals surface area (Å²) in [7, 11) is 0. The Balaban J connectivity index is 2.39. The molecule has 170 valence electrons. The molecule has 1 rings (SSSR count). The Morgan fingerprint density at radius 1 is 0.633 bits per heavy atom. The van der Waals surface area contributed by atoms with Crippen molar-refractivity contribution in [3.05, 3.63) is 35.4 Å². The third-order valence-electron chi connectivity index (χ3n) is 4.98. The molecule has 0 aromatic heterocycles. The largest absolute Gasteiger partial charge is 0.462 e. The van der Waals surface area contributed by atoms with Gasteiger partial charge in [0.2, 0.25) is 0 Å². The van der Waals surface area contributed by atoms with E-state index < -0.39 is 11.9 Å². The number of rotatable bonds is 12. The van der Waals surface area contributed by atoms with Crippen LogP contribution >= 0.6 is 0 Å². The quantitative estimate of drug-likeness (QED) is 0.266. The number of carbonyl (C=O) groups excluding carboxylic acids is 2. The molecule has 0 spiro atoms. The number of ether oxygens (including phenoxy) is 2. The van der Waals surface area contributed by atoms with Gasteiger partial charge < -0.3 is 9.47 Å². The average molecular weight is 419 g/mol. The highest BCUT2D eigenvalue weighted by molar-refractivity contribution is 6.03. The SMILES string of the molecule is CC(C)(C)CCCCCOC(=O)c1ccccc1C(=O)OCCCCCC(C)(C)C. The molecular formula is C26H42O4. The highest BCUT2D eigenvalue weighted by Gasteiger charge is 2.19. The molecule has 4 nitrogen and oxygen atoms in total. The number of carbonyl (C=O) groups is 2. The summed E-state index contributed by atoms with van der Waals surface area (Å²) in [5.74, 6) is -0.910. The molecule has 0 bridgehead atoms. The Labute approximate surface area is 183 Å². The van der Waals surface area contributed by atoms with Crippen LogP contribution in [0.5, 0.6) is 0 Å². The molecule has 30 heavy (non-hydrogen) atoms. The van der Waals surface area contributed by atoms with E-state index >= 15 is 0 Å². The predicted molar refractivity (Wildman–Crippen MR) is 123 cm³/mol. The van der Waals surface area contributed by atoms with Crippen LogP contribution in [0.15, 0.2) is 24.3 Å². The smallest absolute Gasteiger partial charge is 0.339 e. The van der Waals surface area contributed by atoms with Crippen LogP contribution in [0.25, 0.3) is 0 Å². The van der Waals surface area contributed by atoms with Crippen molar-refractivity contribution in [3.8, 4) is 0 Å². The molecule has 0 N–H and O–H groups in total. The maximum absolute atomic E-state index is 12.4. The van der Waals surface area contributed by atoms with E-state index in [9.17, 15) is 9.59 Å². The minimum Gasteiger partial charge on any atom is -0.462 e. The van der Waals surface area contributed by atoms with Crippen molar-refractivity contribution in [2.45, 2.75) is 92.9 Å². The summed E-state index contributed by atoms with van der Waals surface area (Å²) in [5, 5.41) is 0. The van der Waals surface area contributed by atoms with E-state index in [0.29, 0.717) is 24.0 Å². The first kappa shape index (κ1) is 26.2. The predicted octanol–water partition coefficient (Wildman–Crippen LogP) is 7.21. The number of esters is 2. The van der Waals surface area contributed by atoms with E-state index in [4.69, 9.17) is 9.47 Å². The van der Waals surface area contributed by atoms with Crippen LogP contribution < -0.4 is 0 Å². The number of hydrogen-bond acceptors (Lipinski definition) is 4. The Bertz CT molecular complexity index is 593. The van der Waals surface area contributed by atoms with Crippen LogP contribution in [0.3, 0.4) is 0 Å². The van der Waals surface area contributed by atoms with Gasteiger partial charge in [-0.2, -0.15) is 0 Å². The van der Waals surface area contributed by atoms with Crippen LogP contribution in [0.2, 0.25) is 0 Å². The van der Waals surface area contributed by atoms with Crippen molar-refractivity contribution in [3.63, 3.8) is 0 Å². The van der Waals surface area contributed by atoms with Crippen LogP contribution in [-0.2, 0) is 9.47 Å². The molecule has 0 radical (unpaired) electrons. The van der Waals surface area contributed by atoms with Gasteiger partial charge >= 0.3 is 11.9 Å². The molecule has 0 heterocycles. The van der Waals surface area contributed by atoms with Gasteiger partial charge in [-0.05, 0) is 48.6 Å². The summed E-state index contributed by atoms with van der Waals surface area (Å²) in [6.45, 7) is 14.1. The van der Waals surface area contributed by atoms with Crippen molar-refractivity contribution >= 4 is 11.9 Å². The van der Waals surface area contributed by atoms with Gasteiger partial charge in [0.1, 0.15) is 0 Å². The normalized spacial score (nSPS) is 11.9. The molecule has 0 aliphatic heterocycles. The average Bonchev–Trinajstić information content (AvgIpc) is 2.65. The maximum atomic E-state index is 12.4.